The van der Waals surface area contributed by atoms with Gasteiger partial charge in [0.15, 0.2) is 0 Å². The topological polar surface area (TPSA) is 12.0 Å². The molecule has 19 heavy (non-hydrogen) atoms. The molecule has 0 saturated heterocycles. The molecule has 1 N–H and O–H groups in total. The number of rotatable bonds is 1. The van der Waals surface area contributed by atoms with Crippen molar-refractivity contribution in [1.29, 1.82) is 0 Å². The van der Waals surface area contributed by atoms with Crippen molar-refractivity contribution in [2.45, 2.75) is 33.2 Å². The van der Waals surface area contributed by atoms with Gasteiger partial charge in [0.05, 0.1) is 6.04 Å². The summed E-state index contributed by atoms with van der Waals surface area (Å²) in [6, 6.07) is 11.1. The largest absolute Gasteiger partial charge is 0.377 e. The fourth-order valence-electron chi connectivity index (χ4n) is 2.97. The van der Waals surface area contributed by atoms with Crippen LogP contribution in [0.3, 0.4) is 0 Å². The molecule has 0 amide bonds. The minimum atomic E-state index is 0.342. The fraction of sp³-hybridized carbons (Fsp3) is 0.294. The molecule has 1 nitrogen and oxygen atoms in total. The van der Waals surface area contributed by atoms with Crippen LogP contribution in [0.15, 0.2) is 30.3 Å². The normalized spacial score (nSPS) is 17.2. The smallest absolute Gasteiger partial charge is 0.0558 e. The Bertz CT molecular complexity index is 615. The van der Waals surface area contributed by atoms with E-state index in [1.807, 2.05) is 6.07 Å². The van der Waals surface area contributed by atoms with Crippen molar-refractivity contribution in [3.63, 3.8) is 0 Å². The maximum Gasteiger partial charge on any atom is 0.0558 e. The number of hydrogen-bond donors (Lipinski definition) is 1. The minimum absolute atomic E-state index is 0.342. The van der Waals surface area contributed by atoms with Gasteiger partial charge < -0.3 is 5.32 Å². The second-order valence-corrected chi connectivity index (χ2v) is 5.89. The van der Waals surface area contributed by atoms with Crippen LogP contribution in [0.25, 0.3) is 0 Å². The molecule has 0 aliphatic carbocycles. The number of fused-ring (bicyclic) bond motifs is 1. The van der Waals surface area contributed by atoms with E-state index in [-0.39, 0.29) is 0 Å². The molecule has 2 aromatic rings. The van der Waals surface area contributed by atoms with E-state index in [1.165, 1.54) is 33.5 Å². The first-order chi connectivity index (χ1) is 9.06. The van der Waals surface area contributed by atoms with Crippen LogP contribution in [0.5, 0.6) is 0 Å². The summed E-state index contributed by atoms with van der Waals surface area (Å²) in [6.45, 7) is 6.45. The molecule has 0 bridgehead atoms. The minimum Gasteiger partial charge on any atom is -0.377 e. The number of hydrogen-bond acceptors (Lipinski definition) is 1. The maximum atomic E-state index is 6.32. The third kappa shape index (κ3) is 2.12. The quantitative estimate of drug-likeness (QED) is 0.772. The lowest BCUT2D eigenvalue weighted by Gasteiger charge is -2.15. The molecule has 98 valence electrons. The monoisotopic (exact) mass is 271 g/mol. The Morgan fingerprint density at radius 3 is 2.53 bits per heavy atom. The summed E-state index contributed by atoms with van der Waals surface area (Å²) in [7, 11) is 0. The molecule has 0 radical (unpaired) electrons. The van der Waals surface area contributed by atoms with Crippen LogP contribution in [0.2, 0.25) is 5.02 Å². The molecule has 3 rings (SSSR count). The van der Waals surface area contributed by atoms with Crippen molar-refractivity contribution in [2.24, 2.45) is 0 Å². The predicted octanol–water partition coefficient (Wildman–Crippen LogP) is 4.97. The van der Waals surface area contributed by atoms with Crippen molar-refractivity contribution < 1.29 is 0 Å². The zero-order valence-corrected chi connectivity index (χ0v) is 12.3. The molecule has 0 fully saturated rings. The van der Waals surface area contributed by atoms with Gasteiger partial charge in [0.1, 0.15) is 0 Å². The lowest BCUT2D eigenvalue weighted by Crippen LogP contribution is -2.07. The summed E-state index contributed by atoms with van der Waals surface area (Å²) in [5, 5.41) is 4.51. The summed E-state index contributed by atoms with van der Waals surface area (Å²) < 4.78 is 0. The van der Waals surface area contributed by atoms with E-state index in [9.17, 15) is 0 Å². The van der Waals surface area contributed by atoms with Gasteiger partial charge in [-0.05, 0) is 49.1 Å². The van der Waals surface area contributed by atoms with Crippen LogP contribution >= 0.6 is 11.6 Å². The Hall–Kier alpha value is -1.47. The average molecular weight is 272 g/mol. The second-order valence-electron chi connectivity index (χ2n) is 5.48. The molecule has 1 atom stereocenters. The first-order valence-corrected chi connectivity index (χ1v) is 7.05. The van der Waals surface area contributed by atoms with Gasteiger partial charge in [-0.25, -0.2) is 0 Å². The summed E-state index contributed by atoms with van der Waals surface area (Å²) in [5.74, 6) is 0. The first kappa shape index (κ1) is 12.6. The molecule has 1 unspecified atom stereocenters. The summed E-state index contributed by atoms with van der Waals surface area (Å²) in [4.78, 5) is 0. The van der Waals surface area contributed by atoms with Gasteiger partial charge in [-0.2, -0.15) is 0 Å². The highest BCUT2D eigenvalue weighted by atomic mass is 35.5. The molecule has 0 aromatic heterocycles. The van der Waals surface area contributed by atoms with Gasteiger partial charge in [0.25, 0.3) is 0 Å². The highest BCUT2D eigenvalue weighted by Crippen LogP contribution is 2.40. The third-order valence-electron chi connectivity index (χ3n) is 3.99. The van der Waals surface area contributed by atoms with E-state index in [2.05, 4.69) is 50.4 Å². The molecule has 1 heterocycles. The lowest BCUT2D eigenvalue weighted by molar-refractivity contribution is 0.815. The molecular formula is C17H18ClN. The Morgan fingerprint density at radius 2 is 1.84 bits per heavy atom. The van der Waals surface area contributed by atoms with Crippen molar-refractivity contribution in [1.82, 2.24) is 0 Å². The van der Waals surface area contributed by atoms with Crippen LogP contribution in [-0.4, -0.2) is 0 Å². The van der Waals surface area contributed by atoms with E-state index in [0.717, 1.165) is 11.4 Å². The predicted molar refractivity (Wildman–Crippen MR) is 82.2 cm³/mol. The molecule has 1 aliphatic heterocycles. The van der Waals surface area contributed by atoms with Crippen LogP contribution in [-0.2, 0) is 6.42 Å². The number of anilines is 1. The highest BCUT2D eigenvalue weighted by Gasteiger charge is 2.26. The molecule has 2 aromatic carbocycles. The van der Waals surface area contributed by atoms with Gasteiger partial charge in [0, 0.05) is 17.1 Å². The van der Waals surface area contributed by atoms with Gasteiger partial charge in [-0.15, -0.1) is 0 Å². The molecule has 1 aliphatic rings. The first-order valence-electron chi connectivity index (χ1n) is 6.68. The Labute approximate surface area is 119 Å². The van der Waals surface area contributed by atoms with Gasteiger partial charge >= 0.3 is 0 Å². The Morgan fingerprint density at radius 1 is 1.05 bits per heavy atom. The molecule has 2 heteroatoms. The number of benzene rings is 2. The van der Waals surface area contributed by atoms with Gasteiger partial charge in [-0.1, -0.05) is 41.4 Å². The van der Waals surface area contributed by atoms with Crippen LogP contribution in [0, 0.1) is 20.8 Å². The third-order valence-corrected chi connectivity index (χ3v) is 4.35. The summed E-state index contributed by atoms with van der Waals surface area (Å²) in [5.41, 5.74) is 7.78. The van der Waals surface area contributed by atoms with E-state index in [1.54, 1.807) is 0 Å². The lowest BCUT2D eigenvalue weighted by atomic mass is 9.97. The SMILES string of the molecule is Cc1ccc(C2Cc3c(Cl)ccc(C)c3N2)c(C)c1. The molecule has 0 spiro atoms. The van der Waals surface area contributed by atoms with Gasteiger partial charge in [0.2, 0.25) is 0 Å². The molecule has 0 saturated carbocycles. The van der Waals surface area contributed by atoms with Crippen LogP contribution in [0.1, 0.15) is 33.9 Å². The maximum absolute atomic E-state index is 6.32. The Balaban J connectivity index is 2.00. The second kappa shape index (κ2) is 4.57. The van der Waals surface area contributed by atoms with E-state index >= 15 is 0 Å². The fourth-order valence-corrected chi connectivity index (χ4v) is 3.21. The van der Waals surface area contributed by atoms with Crippen molar-refractivity contribution in [3.05, 3.63) is 63.2 Å². The van der Waals surface area contributed by atoms with E-state index in [0.29, 0.717) is 6.04 Å². The standard InChI is InChI=1S/C17H18ClN/c1-10-4-6-13(12(3)8-10)16-9-14-15(18)7-5-11(2)17(14)19-16/h4-8,16,19H,9H2,1-3H3. The van der Waals surface area contributed by atoms with Gasteiger partial charge in [-0.3, -0.25) is 0 Å². The average Bonchev–Trinajstić information content (AvgIpc) is 2.80. The number of nitrogens with one attached hydrogen (secondary N) is 1. The van der Waals surface area contributed by atoms with Crippen molar-refractivity contribution in [2.75, 3.05) is 5.32 Å². The molecular weight excluding hydrogens is 254 g/mol. The number of aryl methyl sites for hydroxylation is 3. The summed E-state index contributed by atoms with van der Waals surface area (Å²) in [6.07, 6.45) is 0.972. The zero-order chi connectivity index (χ0) is 13.6. The summed E-state index contributed by atoms with van der Waals surface area (Å²) >= 11 is 6.32. The van der Waals surface area contributed by atoms with Crippen LogP contribution < -0.4 is 5.32 Å². The Kier molecular flexibility index (Phi) is 3.02. The highest BCUT2D eigenvalue weighted by molar-refractivity contribution is 6.31. The van der Waals surface area contributed by atoms with Crippen molar-refractivity contribution in [3.8, 4) is 0 Å². The van der Waals surface area contributed by atoms with E-state index in [4.69, 9.17) is 11.6 Å². The zero-order valence-electron chi connectivity index (χ0n) is 11.5. The van der Waals surface area contributed by atoms with Crippen LogP contribution in [0.4, 0.5) is 5.69 Å². The number of halogens is 1. The van der Waals surface area contributed by atoms with Crippen molar-refractivity contribution >= 4 is 17.3 Å². The van der Waals surface area contributed by atoms with E-state index < -0.39 is 0 Å².